The van der Waals surface area contributed by atoms with Gasteiger partial charge in [-0.15, -0.1) is 0 Å². The maximum absolute atomic E-state index is 13.1. The molecule has 0 saturated heterocycles. The van der Waals surface area contributed by atoms with E-state index < -0.39 is 42.2 Å². The van der Waals surface area contributed by atoms with Crippen molar-refractivity contribution in [2.24, 2.45) is 0 Å². The molecule has 0 radical (unpaired) electrons. The van der Waals surface area contributed by atoms with Crippen molar-refractivity contribution in [3.8, 4) is 0 Å². The minimum Gasteiger partial charge on any atom is -0.302 e. The Morgan fingerprint density at radius 2 is 1.71 bits per heavy atom. The average molecular weight is 253 g/mol. The number of carbonyl (C=O) groups is 1. The lowest BCUT2D eigenvalue weighted by molar-refractivity contribution is -0.124. The van der Waals surface area contributed by atoms with Crippen molar-refractivity contribution in [2.75, 3.05) is 13.1 Å². The molecule has 7 heteroatoms. The van der Waals surface area contributed by atoms with E-state index in [4.69, 9.17) is 0 Å². The highest BCUT2D eigenvalue weighted by molar-refractivity contribution is 5.98. The summed E-state index contributed by atoms with van der Waals surface area (Å²) in [5, 5.41) is 1.77. The van der Waals surface area contributed by atoms with Crippen molar-refractivity contribution in [2.45, 2.75) is 6.18 Å². The third-order valence-electron chi connectivity index (χ3n) is 1.85. The van der Waals surface area contributed by atoms with Crippen LogP contribution in [0.25, 0.3) is 0 Å². The molecule has 0 atom stereocenters. The number of alkyl halides is 3. The van der Waals surface area contributed by atoms with Gasteiger partial charge in [-0.3, -0.25) is 4.79 Å². The fourth-order valence-corrected chi connectivity index (χ4v) is 1.17. The highest BCUT2D eigenvalue weighted by atomic mass is 19.4. The van der Waals surface area contributed by atoms with E-state index in [0.29, 0.717) is 0 Å². The molecule has 0 amide bonds. The Bertz CT molecular complexity index is 395. The van der Waals surface area contributed by atoms with Gasteiger partial charge in [-0.25, -0.2) is 8.78 Å². The lowest BCUT2D eigenvalue weighted by Gasteiger charge is -2.08. The number of hydrogen-bond donors (Lipinski definition) is 1. The van der Waals surface area contributed by atoms with E-state index in [1.165, 1.54) is 0 Å². The Labute approximate surface area is 93.4 Å². The molecule has 0 aromatic heterocycles. The largest absolute Gasteiger partial charge is 0.401 e. The van der Waals surface area contributed by atoms with Gasteiger partial charge in [0.1, 0.15) is 11.6 Å². The second-order valence-corrected chi connectivity index (χ2v) is 3.24. The van der Waals surface area contributed by atoms with Crippen molar-refractivity contribution in [3.05, 3.63) is 35.4 Å². The summed E-state index contributed by atoms with van der Waals surface area (Å²) < 4.78 is 61.3. The first-order chi connectivity index (χ1) is 7.81. The molecule has 94 valence electrons. The molecule has 0 heterocycles. The molecule has 1 N–H and O–H groups in total. The Balaban J connectivity index is 2.65. The molecule has 0 aliphatic heterocycles. The summed E-state index contributed by atoms with van der Waals surface area (Å²) in [7, 11) is 0. The van der Waals surface area contributed by atoms with Gasteiger partial charge in [0.05, 0.1) is 18.7 Å². The van der Waals surface area contributed by atoms with Gasteiger partial charge in [-0.1, -0.05) is 6.07 Å². The van der Waals surface area contributed by atoms with E-state index in [-0.39, 0.29) is 0 Å². The number of nitrogens with one attached hydrogen (secondary N) is 1. The molecule has 1 rings (SSSR count). The summed E-state index contributed by atoms with van der Waals surface area (Å²) in [6.07, 6.45) is -4.48. The van der Waals surface area contributed by atoms with Crippen LogP contribution >= 0.6 is 0 Å². The molecule has 0 bridgehead atoms. The molecular formula is C10H8F5NO. The molecule has 0 saturated carbocycles. The van der Waals surface area contributed by atoms with Crippen molar-refractivity contribution in [1.29, 1.82) is 0 Å². The lowest BCUT2D eigenvalue weighted by Crippen LogP contribution is -2.33. The van der Waals surface area contributed by atoms with Crippen LogP contribution in [0.2, 0.25) is 0 Å². The normalized spacial score (nSPS) is 11.6. The zero-order chi connectivity index (χ0) is 13.1. The molecule has 1 aromatic carbocycles. The van der Waals surface area contributed by atoms with Crippen LogP contribution in [0.5, 0.6) is 0 Å². The Hall–Kier alpha value is -1.50. The topological polar surface area (TPSA) is 29.1 Å². The first kappa shape index (κ1) is 13.6. The van der Waals surface area contributed by atoms with Crippen molar-refractivity contribution >= 4 is 5.78 Å². The minimum absolute atomic E-state index is 0.780. The second-order valence-electron chi connectivity index (χ2n) is 3.24. The quantitative estimate of drug-likeness (QED) is 0.659. The zero-order valence-electron chi connectivity index (χ0n) is 8.44. The Morgan fingerprint density at radius 1 is 1.18 bits per heavy atom. The van der Waals surface area contributed by atoms with Crippen molar-refractivity contribution < 1.29 is 26.7 Å². The minimum atomic E-state index is -4.48. The van der Waals surface area contributed by atoms with Crippen molar-refractivity contribution in [1.82, 2.24) is 5.32 Å². The zero-order valence-corrected chi connectivity index (χ0v) is 8.44. The molecule has 0 aliphatic rings. The summed E-state index contributed by atoms with van der Waals surface area (Å²) in [5.74, 6) is -3.25. The molecule has 17 heavy (non-hydrogen) atoms. The molecule has 0 aliphatic carbocycles. The van der Waals surface area contributed by atoms with E-state index >= 15 is 0 Å². The average Bonchev–Trinajstić information content (AvgIpc) is 2.15. The second kappa shape index (κ2) is 5.22. The van der Waals surface area contributed by atoms with Gasteiger partial charge in [0.2, 0.25) is 0 Å². The van der Waals surface area contributed by atoms with E-state index in [9.17, 15) is 26.7 Å². The maximum atomic E-state index is 13.1. The highest BCUT2D eigenvalue weighted by Crippen LogP contribution is 2.14. The molecule has 1 aromatic rings. The number of carbonyl (C=O) groups excluding carboxylic acids is 1. The van der Waals surface area contributed by atoms with Gasteiger partial charge in [-0.2, -0.15) is 13.2 Å². The molecule has 0 unspecified atom stereocenters. The first-order valence-corrected chi connectivity index (χ1v) is 4.56. The van der Waals surface area contributed by atoms with Gasteiger partial charge >= 0.3 is 6.18 Å². The van der Waals surface area contributed by atoms with Crippen LogP contribution in [0.3, 0.4) is 0 Å². The van der Waals surface area contributed by atoms with Crippen LogP contribution < -0.4 is 5.32 Å². The van der Waals surface area contributed by atoms with Gasteiger partial charge in [0.15, 0.2) is 5.78 Å². The standard InChI is InChI=1S/C10H8F5NO/c11-6-2-1-3-7(12)9(6)8(17)4-16-5-10(13,14)15/h1-3,16H,4-5H2. The fraction of sp³-hybridized carbons (Fsp3) is 0.300. The molecule has 2 nitrogen and oxygen atoms in total. The molecule has 0 spiro atoms. The number of Topliss-reactive ketones (excluding diaryl/α,β-unsaturated/α-hetero) is 1. The SMILES string of the molecule is O=C(CNCC(F)(F)F)c1c(F)cccc1F. The molecule has 0 fully saturated rings. The lowest BCUT2D eigenvalue weighted by atomic mass is 10.1. The van der Waals surface area contributed by atoms with Gasteiger partial charge < -0.3 is 5.32 Å². The van der Waals surface area contributed by atoms with Crippen LogP contribution in [0, 0.1) is 11.6 Å². The van der Waals surface area contributed by atoms with E-state index in [2.05, 4.69) is 0 Å². The van der Waals surface area contributed by atoms with Gasteiger partial charge in [-0.05, 0) is 12.1 Å². The Morgan fingerprint density at radius 3 is 2.18 bits per heavy atom. The summed E-state index contributed by atoms with van der Waals surface area (Å²) in [6.45, 7) is -2.17. The number of halogens is 5. The van der Waals surface area contributed by atoms with Crippen LogP contribution in [0.1, 0.15) is 10.4 Å². The van der Waals surface area contributed by atoms with Crippen LogP contribution in [0.4, 0.5) is 22.0 Å². The van der Waals surface area contributed by atoms with Crippen molar-refractivity contribution in [3.63, 3.8) is 0 Å². The summed E-state index contributed by atoms with van der Waals surface area (Å²) in [4.78, 5) is 11.3. The number of benzene rings is 1. The fourth-order valence-electron chi connectivity index (χ4n) is 1.17. The Kier molecular flexibility index (Phi) is 4.17. The van der Waals surface area contributed by atoms with Gasteiger partial charge in [0, 0.05) is 0 Å². The van der Waals surface area contributed by atoms with Crippen LogP contribution in [0.15, 0.2) is 18.2 Å². The van der Waals surface area contributed by atoms with Gasteiger partial charge in [0.25, 0.3) is 0 Å². The van der Waals surface area contributed by atoms with E-state index in [1.807, 2.05) is 0 Å². The van der Waals surface area contributed by atoms with E-state index in [1.54, 1.807) is 5.32 Å². The number of ketones is 1. The first-order valence-electron chi connectivity index (χ1n) is 4.56. The smallest absolute Gasteiger partial charge is 0.302 e. The summed E-state index contributed by atoms with van der Waals surface area (Å²) in [5.41, 5.74) is -0.831. The summed E-state index contributed by atoms with van der Waals surface area (Å²) in [6, 6.07) is 2.78. The van der Waals surface area contributed by atoms with E-state index in [0.717, 1.165) is 18.2 Å². The highest BCUT2D eigenvalue weighted by Gasteiger charge is 2.27. The maximum Gasteiger partial charge on any atom is 0.401 e. The molecular weight excluding hydrogens is 245 g/mol. The predicted molar refractivity (Wildman–Crippen MR) is 49.6 cm³/mol. The third-order valence-corrected chi connectivity index (χ3v) is 1.85. The number of rotatable bonds is 4. The summed E-state index contributed by atoms with van der Waals surface area (Å²) >= 11 is 0. The predicted octanol–water partition coefficient (Wildman–Crippen LogP) is 2.30. The third kappa shape index (κ3) is 4.10. The number of hydrogen-bond acceptors (Lipinski definition) is 2. The monoisotopic (exact) mass is 253 g/mol. The van der Waals surface area contributed by atoms with Crippen LogP contribution in [-0.4, -0.2) is 25.0 Å². The van der Waals surface area contributed by atoms with Crippen LogP contribution in [-0.2, 0) is 0 Å².